The number of fused-ring (bicyclic) bond motifs is 4. The van der Waals surface area contributed by atoms with Gasteiger partial charge in [0.25, 0.3) is 0 Å². The minimum atomic E-state index is -3.79. The van der Waals surface area contributed by atoms with Crippen LogP contribution in [-0.2, 0) is 23.0 Å². The fraction of sp³-hybridized carbons (Fsp3) is 0.227. The zero-order valence-corrected chi connectivity index (χ0v) is 17.2. The summed E-state index contributed by atoms with van der Waals surface area (Å²) in [6.07, 6.45) is 2.16. The van der Waals surface area contributed by atoms with Crippen LogP contribution >= 0.6 is 0 Å². The molecule has 0 unspecified atom stereocenters. The van der Waals surface area contributed by atoms with Gasteiger partial charge in [-0.3, -0.25) is 4.98 Å². The molecule has 0 amide bonds. The molecule has 1 N–H and O–H groups in total. The molecule has 6 nitrogen and oxygen atoms in total. The molecule has 0 radical (unpaired) electrons. The number of nitrogens with zero attached hydrogens (tertiary/aromatic N) is 2. The fourth-order valence-electron chi connectivity index (χ4n) is 4.12. The van der Waals surface area contributed by atoms with E-state index in [1.807, 2.05) is 6.92 Å². The molecule has 2 aromatic heterocycles. The third-order valence-corrected chi connectivity index (χ3v) is 7.42. The summed E-state index contributed by atoms with van der Waals surface area (Å²) in [5.41, 5.74) is 3.12. The Morgan fingerprint density at radius 1 is 1.20 bits per heavy atom. The smallest absolute Gasteiger partial charge is 0.244 e. The third kappa shape index (κ3) is 2.95. The molecule has 8 heteroatoms. The van der Waals surface area contributed by atoms with Crippen LogP contribution in [0.4, 0.5) is 4.39 Å². The Labute approximate surface area is 173 Å². The average molecular weight is 425 g/mol. The number of hydrogen-bond donors (Lipinski definition) is 1. The largest absolute Gasteiger partial charge is 0.492 e. The molecule has 0 saturated heterocycles. The lowest BCUT2D eigenvalue weighted by Crippen LogP contribution is -2.35. The molecule has 30 heavy (non-hydrogen) atoms. The van der Waals surface area contributed by atoms with Crippen LogP contribution in [0, 0.1) is 5.82 Å². The summed E-state index contributed by atoms with van der Waals surface area (Å²) in [4.78, 5) is 7.83. The van der Waals surface area contributed by atoms with Gasteiger partial charge in [0.15, 0.2) is 0 Å². The molecule has 0 aliphatic carbocycles. The Kier molecular flexibility index (Phi) is 4.48. The van der Waals surface area contributed by atoms with Crippen LogP contribution in [0.3, 0.4) is 0 Å². The highest BCUT2D eigenvalue weighted by Crippen LogP contribution is 2.35. The Balaban J connectivity index is 1.59. The molecule has 0 bridgehead atoms. The SMILES string of the molecule is CCOc1ccc(S(=O)(=O)N2CCc3[nH]c4ccc(F)cc4c3C2)c2cccnc12. The molecular weight excluding hydrogens is 405 g/mol. The number of aromatic nitrogens is 2. The van der Waals surface area contributed by atoms with E-state index in [0.717, 1.165) is 22.2 Å². The minimum absolute atomic E-state index is 0.191. The number of ether oxygens (including phenoxy) is 1. The van der Waals surface area contributed by atoms with Crippen molar-refractivity contribution in [1.82, 2.24) is 14.3 Å². The van der Waals surface area contributed by atoms with Crippen molar-refractivity contribution in [2.45, 2.75) is 24.8 Å². The van der Waals surface area contributed by atoms with Gasteiger partial charge in [-0.25, -0.2) is 12.8 Å². The molecule has 0 fully saturated rings. The van der Waals surface area contributed by atoms with Crippen molar-refractivity contribution < 1.29 is 17.5 Å². The number of benzene rings is 2. The van der Waals surface area contributed by atoms with E-state index in [1.165, 1.54) is 16.4 Å². The van der Waals surface area contributed by atoms with Gasteiger partial charge < -0.3 is 9.72 Å². The number of halogens is 1. The summed E-state index contributed by atoms with van der Waals surface area (Å²) >= 11 is 0. The minimum Gasteiger partial charge on any atom is -0.492 e. The van der Waals surface area contributed by atoms with E-state index in [0.29, 0.717) is 36.2 Å². The number of hydrogen-bond acceptors (Lipinski definition) is 4. The summed E-state index contributed by atoms with van der Waals surface area (Å²) in [6.45, 7) is 2.87. The maximum absolute atomic E-state index is 13.8. The summed E-state index contributed by atoms with van der Waals surface area (Å²) in [5, 5.41) is 1.25. The van der Waals surface area contributed by atoms with Gasteiger partial charge in [-0.2, -0.15) is 4.31 Å². The van der Waals surface area contributed by atoms with Crippen molar-refractivity contribution in [3.63, 3.8) is 0 Å². The van der Waals surface area contributed by atoms with E-state index in [4.69, 9.17) is 4.74 Å². The number of nitrogens with one attached hydrogen (secondary N) is 1. The summed E-state index contributed by atoms with van der Waals surface area (Å²) < 4.78 is 48.0. The van der Waals surface area contributed by atoms with Gasteiger partial charge in [0.1, 0.15) is 17.1 Å². The predicted molar refractivity (Wildman–Crippen MR) is 112 cm³/mol. The normalized spacial score (nSPS) is 14.9. The zero-order chi connectivity index (χ0) is 20.9. The molecule has 0 spiro atoms. The first kappa shape index (κ1) is 19.0. The average Bonchev–Trinajstić information content (AvgIpc) is 3.11. The van der Waals surface area contributed by atoms with Crippen molar-refractivity contribution in [2.75, 3.05) is 13.2 Å². The van der Waals surface area contributed by atoms with Gasteiger partial charge in [0, 0.05) is 47.7 Å². The van der Waals surface area contributed by atoms with Crippen molar-refractivity contribution in [3.05, 3.63) is 65.7 Å². The van der Waals surface area contributed by atoms with Gasteiger partial charge in [0.2, 0.25) is 10.0 Å². The van der Waals surface area contributed by atoms with Crippen molar-refractivity contribution in [1.29, 1.82) is 0 Å². The van der Waals surface area contributed by atoms with Crippen molar-refractivity contribution >= 4 is 31.8 Å². The summed E-state index contributed by atoms with van der Waals surface area (Å²) in [7, 11) is -3.79. The van der Waals surface area contributed by atoms with E-state index < -0.39 is 10.0 Å². The van der Waals surface area contributed by atoms with Crippen LogP contribution in [0.2, 0.25) is 0 Å². The molecule has 2 aromatic carbocycles. The molecular formula is C22H20FN3O3S. The van der Waals surface area contributed by atoms with E-state index >= 15 is 0 Å². The van der Waals surface area contributed by atoms with Gasteiger partial charge in [-0.1, -0.05) is 0 Å². The highest BCUT2D eigenvalue weighted by molar-refractivity contribution is 7.89. The van der Waals surface area contributed by atoms with Gasteiger partial charge in [-0.05, 0) is 55.0 Å². The fourth-order valence-corrected chi connectivity index (χ4v) is 5.71. The summed E-state index contributed by atoms with van der Waals surface area (Å²) in [6, 6.07) is 11.2. The number of sulfonamides is 1. The number of H-pyrrole nitrogens is 1. The lowest BCUT2D eigenvalue weighted by atomic mass is 10.1. The van der Waals surface area contributed by atoms with Gasteiger partial charge >= 0.3 is 0 Å². The first-order chi connectivity index (χ1) is 14.5. The predicted octanol–water partition coefficient (Wildman–Crippen LogP) is 4.00. The van der Waals surface area contributed by atoms with Crippen molar-refractivity contribution in [3.8, 4) is 5.75 Å². The highest BCUT2D eigenvalue weighted by Gasteiger charge is 2.32. The molecule has 0 atom stereocenters. The van der Waals surface area contributed by atoms with Crippen LogP contribution in [0.25, 0.3) is 21.8 Å². The Hall–Kier alpha value is -2.97. The van der Waals surface area contributed by atoms with E-state index in [2.05, 4.69) is 9.97 Å². The number of pyridine rings is 1. The Morgan fingerprint density at radius 2 is 2.07 bits per heavy atom. The van der Waals surface area contributed by atoms with Crippen LogP contribution in [0.5, 0.6) is 5.75 Å². The highest BCUT2D eigenvalue weighted by atomic mass is 32.2. The topological polar surface area (TPSA) is 75.3 Å². The molecule has 4 aromatic rings. The molecule has 5 rings (SSSR count). The maximum atomic E-state index is 13.8. The molecule has 154 valence electrons. The van der Waals surface area contributed by atoms with Crippen LogP contribution in [-0.4, -0.2) is 35.8 Å². The molecule has 3 heterocycles. The first-order valence-electron chi connectivity index (χ1n) is 9.78. The molecule has 0 saturated carbocycles. The van der Waals surface area contributed by atoms with Crippen molar-refractivity contribution in [2.24, 2.45) is 0 Å². The van der Waals surface area contributed by atoms with Gasteiger partial charge in [0.05, 0.1) is 11.5 Å². The third-order valence-electron chi connectivity index (χ3n) is 5.51. The Morgan fingerprint density at radius 3 is 2.90 bits per heavy atom. The van der Waals surface area contributed by atoms with Crippen LogP contribution < -0.4 is 4.74 Å². The second-order valence-electron chi connectivity index (χ2n) is 7.26. The summed E-state index contributed by atoms with van der Waals surface area (Å²) in [5.74, 6) is 0.216. The zero-order valence-electron chi connectivity index (χ0n) is 16.4. The second-order valence-corrected chi connectivity index (χ2v) is 9.16. The first-order valence-corrected chi connectivity index (χ1v) is 11.2. The lowest BCUT2D eigenvalue weighted by Gasteiger charge is -2.27. The number of rotatable bonds is 4. The van der Waals surface area contributed by atoms with E-state index in [1.54, 1.807) is 36.5 Å². The lowest BCUT2D eigenvalue weighted by molar-refractivity contribution is 0.343. The molecule has 1 aliphatic heterocycles. The van der Waals surface area contributed by atoms with Crippen LogP contribution in [0.1, 0.15) is 18.2 Å². The monoisotopic (exact) mass is 425 g/mol. The van der Waals surface area contributed by atoms with E-state index in [9.17, 15) is 12.8 Å². The van der Waals surface area contributed by atoms with Gasteiger partial charge in [-0.15, -0.1) is 0 Å². The quantitative estimate of drug-likeness (QED) is 0.536. The molecule has 1 aliphatic rings. The standard InChI is InChI=1S/C22H20FN3O3S/c1-2-29-20-7-8-21(15-4-3-10-24-22(15)20)30(27,28)26-11-9-19-17(13-26)16-12-14(23)5-6-18(16)25-19/h3-8,10,12,25H,2,9,11,13H2,1H3. The van der Waals surface area contributed by atoms with E-state index in [-0.39, 0.29) is 17.3 Å². The maximum Gasteiger partial charge on any atom is 0.244 e. The van der Waals surface area contributed by atoms with Crippen LogP contribution in [0.15, 0.2) is 53.6 Å². The Bertz CT molecular complexity index is 1380. The second kappa shape index (κ2) is 7.07. The number of aromatic amines is 1.